The van der Waals surface area contributed by atoms with E-state index < -0.39 is 11.5 Å². The molecule has 0 aliphatic carbocycles. The molecule has 3 amide bonds. The number of fused-ring (bicyclic) bond motifs is 4. The van der Waals surface area contributed by atoms with Gasteiger partial charge in [0.25, 0.3) is 5.56 Å². The second-order valence-electron chi connectivity index (χ2n) is 8.97. The van der Waals surface area contributed by atoms with Crippen LogP contribution in [0.4, 0.5) is 0 Å². The lowest BCUT2D eigenvalue weighted by Crippen LogP contribution is -2.56. The van der Waals surface area contributed by atoms with Crippen molar-refractivity contribution in [3.8, 4) is 0 Å². The predicted molar refractivity (Wildman–Crippen MR) is 106 cm³/mol. The van der Waals surface area contributed by atoms with Gasteiger partial charge in [0.15, 0.2) is 0 Å². The summed E-state index contributed by atoms with van der Waals surface area (Å²) in [6, 6.07) is 4.50. The summed E-state index contributed by atoms with van der Waals surface area (Å²) < 4.78 is 1.65. The number of hydrogen-bond acceptors (Lipinski definition) is 4. The van der Waals surface area contributed by atoms with Gasteiger partial charge in [-0.2, -0.15) is 0 Å². The molecule has 0 radical (unpaired) electrons. The van der Waals surface area contributed by atoms with Gasteiger partial charge in [-0.3, -0.25) is 23.7 Å². The first kappa shape index (κ1) is 19.7. The van der Waals surface area contributed by atoms with Crippen molar-refractivity contribution in [1.82, 2.24) is 14.4 Å². The van der Waals surface area contributed by atoms with Gasteiger partial charge >= 0.3 is 0 Å². The molecular formula is C21H28N4O4. The van der Waals surface area contributed by atoms with E-state index in [9.17, 15) is 19.2 Å². The Balaban J connectivity index is 1.66. The average molecular weight is 400 g/mol. The highest BCUT2D eigenvalue weighted by Gasteiger charge is 2.46. The maximum atomic E-state index is 13.6. The number of rotatable bonds is 2. The average Bonchev–Trinajstić information content (AvgIpc) is 2.69. The van der Waals surface area contributed by atoms with Crippen LogP contribution >= 0.6 is 0 Å². The lowest BCUT2D eigenvalue weighted by atomic mass is 9.76. The molecule has 0 unspecified atom stereocenters. The van der Waals surface area contributed by atoms with Crippen LogP contribution in [0.1, 0.15) is 50.8 Å². The van der Waals surface area contributed by atoms with Gasteiger partial charge < -0.3 is 15.5 Å². The molecule has 3 aliphatic heterocycles. The van der Waals surface area contributed by atoms with Crippen LogP contribution in [0.15, 0.2) is 23.0 Å². The van der Waals surface area contributed by atoms with Crippen molar-refractivity contribution >= 4 is 17.7 Å². The number of piperidine rings is 2. The first-order valence-corrected chi connectivity index (χ1v) is 10.3. The van der Waals surface area contributed by atoms with Gasteiger partial charge in [-0.15, -0.1) is 0 Å². The molecule has 8 nitrogen and oxygen atoms in total. The van der Waals surface area contributed by atoms with Gasteiger partial charge in [-0.05, 0) is 25.3 Å². The number of carbonyl (C=O) groups is 3. The van der Waals surface area contributed by atoms with Crippen LogP contribution in [-0.2, 0) is 14.4 Å². The topological polar surface area (TPSA) is 106 Å². The number of nitrogens with zero attached hydrogens (tertiary/aromatic N) is 3. The van der Waals surface area contributed by atoms with E-state index in [0.717, 1.165) is 12.1 Å². The smallest absolute Gasteiger partial charge is 0.251 e. The summed E-state index contributed by atoms with van der Waals surface area (Å²) in [4.78, 5) is 53.7. The van der Waals surface area contributed by atoms with Gasteiger partial charge in [-0.25, -0.2) is 0 Å². The van der Waals surface area contributed by atoms with Crippen molar-refractivity contribution in [2.45, 2.75) is 45.1 Å². The standard InChI is InChI=1S/C21H28N4O4/c1-13(26)24-11-14-10-15(12-24)18(25-16(14)4-3-5-17(25)27)19(28)23-8-6-21(2,7-9-23)20(22)29/h3-5,14-15,18H,6-12H2,1-2H3,(H2,22,29)/t14-,15+,18-/m1/s1. The number of aromatic nitrogens is 1. The van der Waals surface area contributed by atoms with Crippen LogP contribution in [0.3, 0.4) is 0 Å². The molecule has 1 aromatic rings. The van der Waals surface area contributed by atoms with Crippen molar-refractivity contribution < 1.29 is 14.4 Å². The summed E-state index contributed by atoms with van der Waals surface area (Å²) in [5.74, 6) is -0.471. The largest absolute Gasteiger partial charge is 0.369 e. The monoisotopic (exact) mass is 400 g/mol. The van der Waals surface area contributed by atoms with E-state index in [-0.39, 0.29) is 35.1 Å². The van der Waals surface area contributed by atoms with Gasteiger partial charge in [0.1, 0.15) is 6.04 Å². The minimum atomic E-state index is -0.616. The van der Waals surface area contributed by atoms with E-state index in [1.165, 1.54) is 6.07 Å². The lowest BCUT2D eigenvalue weighted by Gasteiger charge is -2.48. The molecule has 29 heavy (non-hydrogen) atoms. The fourth-order valence-corrected chi connectivity index (χ4v) is 5.16. The van der Waals surface area contributed by atoms with Crippen molar-refractivity contribution in [2.75, 3.05) is 26.2 Å². The molecule has 1 aromatic heterocycles. The first-order chi connectivity index (χ1) is 13.7. The van der Waals surface area contributed by atoms with E-state index in [4.69, 9.17) is 5.73 Å². The molecule has 2 bridgehead atoms. The predicted octanol–water partition coefficient (Wildman–Crippen LogP) is 0.469. The van der Waals surface area contributed by atoms with Crippen LogP contribution in [0, 0.1) is 11.3 Å². The maximum Gasteiger partial charge on any atom is 0.251 e. The molecular weight excluding hydrogens is 372 g/mol. The van der Waals surface area contributed by atoms with Crippen molar-refractivity contribution in [3.05, 3.63) is 34.2 Å². The quantitative estimate of drug-likeness (QED) is 0.779. The first-order valence-electron chi connectivity index (χ1n) is 10.3. The molecule has 4 rings (SSSR count). The van der Waals surface area contributed by atoms with Crippen molar-refractivity contribution in [1.29, 1.82) is 0 Å². The fraction of sp³-hybridized carbons (Fsp3) is 0.619. The zero-order valence-corrected chi connectivity index (χ0v) is 17.0. The molecule has 0 saturated carbocycles. The van der Waals surface area contributed by atoms with Crippen molar-refractivity contribution in [2.24, 2.45) is 17.1 Å². The molecule has 156 valence electrons. The second kappa shape index (κ2) is 7.00. The van der Waals surface area contributed by atoms with Crippen LogP contribution in [-0.4, -0.2) is 58.3 Å². The number of amides is 3. The van der Waals surface area contributed by atoms with Crippen molar-refractivity contribution in [3.63, 3.8) is 0 Å². The highest BCUT2D eigenvalue weighted by molar-refractivity contribution is 5.83. The molecule has 4 heterocycles. The molecule has 2 saturated heterocycles. The van der Waals surface area contributed by atoms with E-state index in [1.54, 1.807) is 27.4 Å². The zero-order chi connectivity index (χ0) is 20.9. The number of nitrogens with two attached hydrogens (primary N) is 1. The number of likely N-dealkylation sites (tertiary alicyclic amines) is 2. The van der Waals surface area contributed by atoms with E-state index in [2.05, 4.69) is 0 Å². The number of carbonyl (C=O) groups excluding carboxylic acids is 3. The molecule has 2 N–H and O–H groups in total. The Hall–Kier alpha value is -2.64. The Morgan fingerprint density at radius 1 is 1.10 bits per heavy atom. The number of pyridine rings is 1. The summed E-state index contributed by atoms with van der Waals surface area (Å²) in [6.45, 7) is 5.34. The number of primary amides is 1. The second-order valence-corrected chi connectivity index (χ2v) is 8.97. The van der Waals surface area contributed by atoms with Crippen LogP contribution in [0.2, 0.25) is 0 Å². The summed E-state index contributed by atoms with van der Waals surface area (Å²) in [5.41, 5.74) is 5.59. The minimum absolute atomic E-state index is 0.00664. The molecule has 0 spiro atoms. The molecule has 0 aromatic carbocycles. The Bertz CT molecular complexity index is 916. The van der Waals surface area contributed by atoms with Gasteiger partial charge in [0, 0.05) is 62.1 Å². The SMILES string of the molecule is CC(=O)N1C[C@H]2C[C@@H](C1)[C@H](C(=O)N1CCC(C)(C(N)=O)CC1)n1c2cccc1=O. The summed E-state index contributed by atoms with van der Waals surface area (Å²) in [7, 11) is 0. The molecule has 8 heteroatoms. The van der Waals surface area contributed by atoms with Gasteiger partial charge in [0.05, 0.1) is 0 Å². The van der Waals surface area contributed by atoms with E-state index >= 15 is 0 Å². The maximum absolute atomic E-state index is 13.6. The third-order valence-corrected chi connectivity index (χ3v) is 7.12. The number of hydrogen-bond donors (Lipinski definition) is 1. The molecule has 3 atom stereocenters. The van der Waals surface area contributed by atoms with Gasteiger partial charge in [-0.1, -0.05) is 13.0 Å². The summed E-state index contributed by atoms with van der Waals surface area (Å²) >= 11 is 0. The summed E-state index contributed by atoms with van der Waals surface area (Å²) in [5, 5.41) is 0. The van der Waals surface area contributed by atoms with Crippen LogP contribution < -0.4 is 11.3 Å². The van der Waals surface area contributed by atoms with Gasteiger partial charge in [0.2, 0.25) is 17.7 Å². The summed E-state index contributed by atoms with van der Waals surface area (Å²) in [6.07, 6.45) is 1.82. The Kier molecular flexibility index (Phi) is 4.75. The Morgan fingerprint density at radius 3 is 2.41 bits per heavy atom. The Labute approximate surface area is 169 Å². The van der Waals surface area contributed by atoms with E-state index in [1.807, 2.05) is 13.0 Å². The minimum Gasteiger partial charge on any atom is -0.369 e. The molecule has 2 fully saturated rings. The highest BCUT2D eigenvalue weighted by Crippen LogP contribution is 2.42. The normalized spacial score (nSPS) is 27.9. The zero-order valence-electron chi connectivity index (χ0n) is 17.0. The van der Waals surface area contributed by atoms with Crippen LogP contribution in [0.25, 0.3) is 0 Å². The third kappa shape index (κ3) is 3.24. The Morgan fingerprint density at radius 2 is 1.79 bits per heavy atom. The van der Waals surface area contributed by atoms with Crippen LogP contribution in [0.5, 0.6) is 0 Å². The lowest BCUT2D eigenvalue weighted by molar-refractivity contribution is -0.145. The molecule has 3 aliphatic rings. The van der Waals surface area contributed by atoms with E-state index in [0.29, 0.717) is 39.0 Å². The fourth-order valence-electron chi connectivity index (χ4n) is 5.16. The third-order valence-electron chi connectivity index (χ3n) is 7.12. The highest BCUT2D eigenvalue weighted by atomic mass is 16.2.